The maximum Gasteiger partial charge on any atom is 0.0999 e. The standard InChI is InChI=1S/C16H23BrO/c1-16(13-17,15-10-6-3-7-11-15)18-12-14-8-4-2-5-9-14/h3,6-7,10-11,14H,2,4-5,8-9,12-13H2,1H3. The molecule has 0 bridgehead atoms. The van der Waals surface area contributed by atoms with E-state index in [9.17, 15) is 0 Å². The highest BCUT2D eigenvalue weighted by Gasteiger charge is 2.27. The van der Waals surface area contributed by atoms with Crippen molar-refractivity contribution in [2.24, 2.45) is 5.92 Å². The van der Waals surface area contributed by atoms with E-state index >= 15 is 0 Å². The third-order valence-electron chi connectivity index (χ3n) is 4.00. The van der Waals surface area contributed by atoms with E-state index in [4.69, 9.17) is 4.74 Å². The van der Waals surface area contributed by atoms with Crippen LogP contribution in [0.4, 0.5) is 0 Å². The summed E-state index contributed by atoms with van der Waals surface area (Å²) in [5.74, 6) is 0.765. The average Bonchev–Trinajstić information content (AvgIpc) is 2.47. The summed E-state index contributed by atoms with van der Waals surface area (Å²) in [6.07, 6.45) is 6.85. The fourth-order valence-corrected chi connectivity index (χ4v) is 3.13. The second-order valence-electron chi connectivity index (χ2n) is 5.55. The summed E-state index contributed by atoms with van der Waals surface area (Å²) in [7, 11) is 0. The lowest BCUT2D eigenvalue weighted by molar-refractivity contribution is -0.0404. The Hall–Kier alpha value is -0.340. The Morgan fingerprint density at radius 1 is 1.17 bits per heavy atom. The van der Waals surface area contributed by atoms with Crippen molar-refractivity contribution in [1.82, 2.24) is 0 Å². The predicted molar refractivity (Wildman–Crippen MR) is 80.1 cm³/mol. The van der Waals surface area contributed by atoms with Gasteiger partial charge >= 0.3 is 0 Å². The molecule has 1 nitrogen and oxygen atoms in total. The molecule has 1 aromatic carbocycles. The van der Waals surface area contributed by atoms with Crippen LogP contribution in [-0.2, 0) is 10.3 Å². The lowest BCUT2D eigenvalue weighted by Gasteiger charge is -2.31. The van der Waals surface area contributed by atoms with Crippen LogP contribution in [0.2, 0.25) is 0 Å². The first-order valence-corrected chi connectivity index (χ1v) is 8.12. The largest absolute Gasteiger partial charge is 0.369 e. The van der Waals surface area contributed by atoms with Crippen LogP contribution >= 0.6 is 15.9 Å². The normalized spacial score (nSPS) is 20.6. The van der Waals surface area contributed by atoms with Crippen LogP contribution in [0.1, 0.15) is 44.6 Å². The molecule has 2 heteroatoms. The Morgan fingerprint density at radius 2 is 1.83 bits per heavy atom. The molecule has 0 saturated heterocycles. The van der Waals surface area contributed by atoms with Gasteiger partial charge in [0.05, 0.1) is 12.2 Å². The number of halogens is 1. The van der Waals surface area contributed by atoms with Crippen LogP contribution in [-0.4, -0.2) is 11.9 Å². The van der Waals surface area contributed by atoms with Crippen LogP contribution in [0.25, 0.3) is 0 Å². The second-order valence-corrected chi connectivity index (χ2v) is 6.11. The maximum atomic E-state index is 6.26. The van der Waals surface area contributed by atoms with Crippen molar-refractivity contribution in [2.45, 2.75) is 44.6 Å². The number of hydrogen-bond acceptors (Lipinski definition) is 1. The molecule has 0 spiro atoms. The van der Waals surface area contributed by atoms with Crippen molar-refractivity contribution < 1.29 is 4.74 Å². The molecule has 0 aromatic heterocycles. The number of ether oxygens (including phenoxy) is 1. The molecule has 1 aliphatic carbocycles. The molecule has 1 unspecified atom stereocenters. The van der Waals surface area contributed by atoms with E-state index in [1.807, 2.05) is 0 Å². The highest BCUT2D eigenvalue weighted by molar-refractivity contribution is 9.09. The minimum atomic E-state index is -0.196. The summed E-state index contributed by atoms with van der Waals surface area (Å²) >= 11 is 3.61. The monoisotopic (exact) mass is 310 g/mol. The minimum Gasteiger partial charge on any atom is -0.369 e. The fraction of sp³-hybridized carbons (Fsp3) is 0.625. The Morgan fingerprint density at radius 3 is 2.44 bits per heavy atom. The maximum absolute atomic E-state index is 6.26. The van der Waals surface area contributed by atoms with E-state index in [2.05, 4.69) is 53.2 Å². The molecule has 0 radical (unpaired) electrons. The summed E-state index contributed by atoms with van der Waals surface area (Å²) in [5.41, 5.74) is 1.07. The Labute approximate surface area is 119 Å². The van der Waals surface area contributed by atoms with Gasteiger partial charge in [0.2, 0.25) is 0 Å². The molecule has 18 heavy (non-hydrogen) atoms. The van der Waals surface area contributed by atoms with Gasteiger partial charge in [-0.05, 0) is 31.2 Å². The van der Waals surface area contributed by atoms with Gasteiger partial charge in [-0.1, -0.05) is 65.5 Å². The van der Waals surface area contributed by atoms with Gasteiger partial charge in [0.25, 0.3) is 0 Å². The highest BCUT2D eigenvalue weighted by atomic mass is 79.9. The second kappa shape index (κ2) is 6.72. The van der Waals surface area contributed by atoms with Crippen molar-refractivity contribution in [3.8, 4) is 0 Å². The molecule has 0 amide bonds. The minimum absolute atomic E-state index is 0.196. The lowest BCUT2D eigenvalue weighted by atomic mass is 9.89. The Bertz CT molecular complexity index is 345. The SMILES string of the molecule is CC(CBr)(OCC1CCCCC1)c1ccccc1. The average molecular weight is 311 g/mol. The van der Waals surface area contributed by atoms with Gasteiger partial charge in [-0.15, -0.1) is 0 Å². The number of rotatable bonds is 5. The van der Waals surface area contributed by atoms with E-state index in [0.29, 0.717) is 0 Å². The quantitative estimate of drug-likeness (QED) is 0.703. The van der Waals surface area contributed by atoms with Crippen molar-refractivity contribution in [3.05, 3.63) is 35.9 Å². The first-order valence-electron chi connectivity index (χ1n) is 7.00. The van der Waals surface area contributed by atoms with Gasteiger partial charge in [0.15, 0.2) is 0 Å². The summed E-state index contributed by atoms with van der Waals surface area (Å²) < 4.78 is 6.26. The zero-order valence-corrected chi connectivity index (χ0v) is 12.8. The van der Waals surface area contributed by atoms with Crippen LogP contribution in [0.15, 0.2) is 30.3 Å². The van der Waals surface area contributed by atoms with Gasteiger partial charge in [0.1, 0.15) is 0 Å². The van der Waals surface area contributed by atoms with E-state index in [1.54, 1.807) is 0 Å². The van der Waals surface area contributed by atoms with Crippen LogP contribution in [0.5, 0.6) is 0 Å². The molecule has 0 heterocycles. The fourth-order valence-electron chi connectivity index (χ4n) is 2.65. The van der Waals surface area contributed by atoms with E-state index in [-0.39, 0.29) is 5.60 Å². The van der Waals surface area contributed by atoms with Crippen LogP contribution in [0, 0.1) is 5.92 Å². The summed E-state index contributed by atoms with van der Waals surface area (Å²) in [6.45, 7) is 3.08. The van der Waals surface area contributed by atoms with Gasteiger partial charge < -0.3 is 4.74 Å². The van der Waals surface area contributed by atoms with Crippen LogP contribution in [0.3, 0.4) is 0 Å². The molecule has 1 fully saturated rings. The molecular weight excluding hydrogens is 288 g/mol. The first-order chi connectivity index (χ1) is 8.74. The van der Waals surface area contributed by atoms with Gasteiger partial charge in [-0.25, -0.2) is 0 Å². The van der Waals surface area contributed by atoms with Gasteiger partial charge in [-0.2, -0.15) is 0 Å². The zero-order valence-electron chi connectivity index (χ0n) is 11.2. The van der Waals surface area contributed by atoms with Crippen molar-refractivity contribution in [3.63, 3.8) is 0 Å². The van der Waals surface area contributed by atoms with Crippen LogP contribution < -0.4 is 0 Å². The molecule has 0 aliphatic heterocycles. The third-order valence-corrected chi connectivity index (χ3v) is 5.07. The molecular formula is C16H23BrO. The molecule has 100 valence electrons. The highest BCUT2D eigenvalue weighted by Crippen LogP contribution is 2.31. The van der Waals surface area contributed by atoms with Crippen molar-refractivity contribution >= 4 is 15.9 Å². The molecule has 1 atom stereocenters. The zero-order chi connectivity index (χ0) is 12.8. The van der Waals surface area contributed by atoms with E-state index in [0.717, 1.165) is 17.9 Å². The smallest absolute Gasteiger partial charge is 0.0999 e. The summed E-state index contributed by atoms with van der Waals surface area (Å²) in [6, 6.07) is 10.5. The molecule has 2 rings (SSSR count). The summed E-state index contributed by atoms with van der Waals surface area (Å²) in [4.78, 5) is 0. The van der Waals surface area contributed by atoms with Crippen molar-refractivity contribution in [2.75, 3.05) is 11.9 Å². The van der Waals surface area contributed by atoms with Gasteiger partial charge in [0, 0.05) is 5.33 Å². The number of alkyl halides is 1. The Balaban J connectivity index is 1.95. The first kappa shape index (κ1) is 14.1. The van der Waals surface area contributed by atoms with E-state index in [1.165, 1.54) is 37.7 Å². The predicted octanol–water partition coefficient (Wildman–Crippen LogP) is 4.89. The topological polar surface area (TPSA) is 9.23 Å². The number of hydrogen-bond donors (Lipinski definition) is 0. The third kappa shape index (κ3) is 3.58. The molecule has 1 aliphatic rings. The number of benzene rings is 1. The lowest BCUT2D eigenvalue weighted by Crippen LogP contribution is -2.30. The Kier molecular flexibility index (Phi) is 5.25. The van der Waals surface area contributed by atoms with Gasteiger partial charge in [-0.3, -0.25) is 0 Å². The molecule has 1 aromatic rings. The molecule has 1 saturated carbocycles. The molecule has 0 N–H and O–H groups in total. The summed E-state index contributed by atoms with van der Waals surface area (Å²) in [5, 5.41) is 0.844. The van der Waals surface area contributed by atoms with E-state index < -0.39 is 0 Å². The van der Waals surface area contributed by atoms with Crippen molar-refractivity contribution in [1.29, 1.82) is 0 Å².